The molecule has 0 unspecified atom stereocenters. The van der Waals surface area contributed by atoms with Crippen LogP contribution in [0.4, 0.5) is 0 Å². The Morgan fingerprint density at radius 3 is 2.53 bits per heavy atom. The normalized spacial score (nSPS) is 10.8. The van der Waals surface area contributed by atoms with Gasteiger partial charge in [-0.2, -0.15) is 0 Å². The van der Waals surface area contributed by atoms with Gasteiger partial charge in [0.05, 0.1) is 39.2 Å². The lowest BCUT2D eigenvalue weighted by atomic mass is 10.4. The minimum absolute atomic E-state index is 0.178. The van der Waals surface area contributed by atoms with E-state index in [0.717, 1.165) is 0 Å². The van der Waals surface area contributed by atoms with E-state index < -0.39 is 5.97 Å². The number of aromatic carboxylic acids is 1. The Balaban J connectivity index is 2.19. The van der Waals surface area contributed by atoms with Crippen LogP contribution in [0.15, 0.2) is 6.20 Å². The predicted molar refractivity (Wildman–Crippen MR) is 67.4 cm³/mol. The van der Waals surface area contributed by atoms with E-state index in [1.54, 1.807) is 18.6 Å². The standard InChI is InChI=1S/C12H20N2O5/c1-10-13-9-11(12(15)16)14(10)3-4-18-7-8-19-6-5-17-2/h9H,3-8H2,1-2H3,(H,15,16). The van der Waals surface area contributed by atoms with Crippen LogP contribution in [0.3, 0.4) is 0 Å². The molecule has 19 heavy (non-hydrogen) atoms. The molecule has 1 aromatic heterocycles. The van der Waals surface area contributed by atoms with E-state index in [-0.39, 0.29) is 5.69 Å². The van der Waals surface area contributed by atoms with Gasteiger partial charge in [0.1, 0.15) is 11.5 Å². The van der Waals surface area contributed by atoms with Crippen molar-refractivity contribution >= 4 is 5.97 Å². The Labute approximate surface area is 112 Å². The first kappa shape index (κ1) is 15.6. The fraction of sp³-hybridized carbons (Fsp3) is 0.667. The smallest absolute Gasteiger partial charge is 0.354 e. The lowest BCUT2D eigenvalue weighted by Gasteiger charge is -2.09. The zero-order valence-electron chi connectivity index (χ0n) is 11.3. The average Bonchev–Trinajstić information content (AvgIpc) is 2.74. The van der Waals surface area contributed by atoms with Crippen LogP contribution in [0.5, 0.6) is 0 Å². The summed E-state index contributed by atoms with van der Waals surface area (Å²) in [5.74, 6) is -0.319. The fourth-order valence-corrected chi connectivity index (χ4v) is 1.54. The van der Waals surface area contributed by atoms with Crippen LogP contribution >= 0.6 is 0 Å². The summed E-state index contributed by atoms with van der Waals surface area (Å²) in [6.45, 7) is 4.73. The number of methoxy groups -OCH3 is 1. The number of ether oxygens (including phenoxy) is 3. The first-order valence-electron chi connectivity index (χ1n) is 6.06. The summed E-state index contributed by atoms with van der Waals surface area (Å²) < 4.78 is 17.1. The molecule has 0 aliphatic heterocycles. The first-order chi connectivity index (χ1) is 9.16. The Morgan fingerprint density at radius 1 is 1.26 bits per heavy atom. The summed E-state index contributed by atoms with van der Waals surface area (Å²) in [4.78, 5) is 14.9. The molecule has 1 aromatic rings. The number of rotatable bonds is 10. The maximum absolute atomic E-state index is 10.9. The van der Waals surface area contributed by atoms with Crippen LogP contribution in [-0.2, 0) is 20.8 Å². The molecule has 0 spiro atoms. The molecule has 0 aromatic carbocycles. The van der Waals surface area contributed by atoms with Crippen molar-refractivity contribution in [1.82, 2.24) is 9.55 Å². The predicted octanol–water partition coefficient (Wildman–Crippen LogP) is 0.569. The van der Waals surface area contributed by atoms with Crippen molar-refractivity contribution in [3.63, 3.8) is 0 Å². The van der Waals surface area contributed by atoms with Gasteiger partial charge in [0.25, 0.3) is 0 Å². The minimum Gasteiger partial charge on any atom is -0.477 e. The summed E-state index contributed by atoms with van der Waals surface area (Å²) >= 11 is 0. The Kier molecular flexibility index (Phi) is 7.09. The Bertz CT molecular complexity index is 391. The number of carboxylic acids is 1. The van der Waals surface area contributed by atoms with Gasteiger partial charge in [0.15, 0.2) is 0 Å². The molecule has 0 saturated carbocycles. The molecule has 7 heteroatoms. The van der Waals surface area contributed by atoms with Gasteiger partial charge >= 0.3 is 5.97 Å². The van der Waals surface area contributed by atoms with Crippen molar-refractivity contribution in [2.75, 3.05) is 40.1 Å². The molecule has 0 amide bonds. The number of carboxylic acid groups (broad SMARTS) is 1. The summed E-state index contributed by atoms with van der Waals surface area (Å²) in [5, 5.41) is 8.97. The van der Waals surface area contributed by atoms with Crippen molar-refractivity contribution in [3.05, 3.63) is 17.7 Å². The second-order valence-corrected chi connectivity index (χ2v) is 3.86. The highest BCUT2D eigenvalue weighted by atomic mass is 16.5. The van der Waals surface area contributed by atoms with Crippen LogP contribution in [-0.4, -0.2) is 60.8 Å². The molecule has 108 valence electrons. The molecule has 0 radical (unpaired) electrons. The van der Waals surface area contributed by atoms with E-state index in [0.29, 0.717) is 45.4 Å². The Hall–Kier alpha value is -1.44. The Morgan fingerprint density at radius 2 is 1.89 bits per heavy atom. The van der Waals surface area contributed by atoms with Crippen molar-refractivity contribution < 1.29 is 24.1 Å². The highest BCUT2D eigenvalue weighted by Gasteiger charge is 2.12. The SMILES string of the molecule is COCCOCCOCCn1c(C(=O)O)cnc1C. The van der Waals surface area contributed by atoms with E-state index in [4.69, 9.17) is 19.3 Å². The quantitative estimate of drug-likeness (QED) is 0.627. The summed E-state index contributed by atoms with van der Waals surface area (Å²) in [7, 11) is 1.62. The van der Waals surface area contributed by atoms with E-state index in [9.17, 15) is 4.79 Å². The molecule has 0 atom stereocenters. The third kappa shape index (κ3) is 5.37. The molecule has 7 nitrogen and oxygen atoms in total. The lowest BCUT2D eigenvalue weighted by Crippen LogP contribution is -2.15. The topological polar surface area (TPSA) is 82.8 Å². The van der Waals surface area contributed by atoms with Crippen molar-refractivity contribution in [2.45, 2.75) is 13.5 Å². The van der Waals surface area contributed by atoms with Gasteiger partial charge in [-0.05, 0) is 6.92 Å². The summed E-state index contributed by atoms with van der Waals surface area (Å²) in [6, 6.07) is 0. The molecule has 1 rings (SSSR count). The van der Waals surface area contributed by atoms with E-state index in [1.165, 1.54) is 6.20 Å². The molecule has 0 aliphatic carbocycles. The van der Waals surface area contributed by atoms with Gasteiger partial charge in [0, 0.05) is 13.7 Å². The van der Waals surface area contributed by atoms with Gasteiger partial charge in [-0.3, -0.25) is 0 Å². The largest absolute Gasteiger partial charge is 0.477 e. The second kappa shape index (κ2) is 8.63. The molecule has 0 fully saturated rings. The monoisotopic (exact) mass is 272 g/mol. The third-order valence-electron chi connectivity index (χ3n) is 2.54. The van der Waals surface area contributed by atoms with Crippen molar-refractivity contribution in [3.8, 4) is 0 Å². The number of aromatic nitrogens is 2. The van der Waals surface area contributed by atoms with Gasteiger partial charge in [0.2, 0.25) is 0 Å². The van der Waals surface area contributed by atoms with Crippen molar-refractivity contribution in [1.29, 1.82) is 0 Å². The third-order valence-corrected chi connectivity index (χ3v) is 2.54. The number of hydrogen-bond acceptors (Lipinski definition) is 5. The minimum atomic E-state index is -0.983. The molecular formula is C12H20N2O5. The lowest BCUT2D eigenvalue weighted by molar-refractivity contribution is 0.0227. The van der Waals surface area contributed by atoms with Crippen LogP contribution < -0.4 is 0 Å². The van der Waals surface area contributed by atoms with Gasteiger partial charge < -0.3 is 23.9 Å². The number of aryl methyl sites for hydroxylation is 1. The van der Waals surface area contributed by atoms with E-state index in [2.05, 4.69) is 4.98 Å². The van der Waals surface area contributed by atoms with Crippen LogP contribution in [0.2, 0.25) is 0 Å². The van der Waals surface area contributed by atoms with Crippen LogP contribution in [0, 0.1) is 6.92 Å². The summed E-state index contributed by atoms with van der Waals surface area (Å²) in [5.41, 5.74) is 0.178. The molecule has 0 aliphatic rings. The molecule has 1 heterocycles. The van der Waals surface area contributed by atoms with E-state index in [1.807, 2.05) is 0 Å². The number of carbonyl (C=O) groups is 1. The van der Waals surface area contributed by atoms with Gasteiger partial charge in [-0.25, -0.2) is 9.78 Å². The average molecular weight is 272 g/mol. The fourth-order valence-electron chi connectivity index (χ4n) is 1.54. The maximum Gasteiger partial charge on any atom is 0.354 e. The highest BCUT2D eigenvalue weighted by Crippen LogP contribution is 2.04. The number of hydrogen-bond donors (Lipinski definition) is 1. The first-order valence-corrected chi connectivity index (χ1v) is 6.06. The van der Waals surface area contributed by atoms with E-state index >= 15 is 0 Å². The second-order valence-electron chi connectivity index (χ2n) is 3.86. The molecular weight excluding hydrogens is 252 g/mol. The molecule has 0 bridgehead atoms. The zero-order valence-corrected chi connectivity index (χ0v) is 11.3. The number of nitrogens with zero attached hydrogens (tertiary/aromatic N) is 2. The maximum atomic E-state index is 10.9. The highest BCUT2D eigenvalue weighted by molar-refractivity contribution is 5.85. The van der Waals surface area contributed by atoms with Crippen molar-refractivity contribution in [2.24, 2.45) is 0 Å². The van der Waals surface area contributed by atoms with Crippen LogP contribution in [0.25, 0.3) is 0 Å². The van der Waals surface area contributed by atoms with Gasteiger partial charge in [-0.15, -0.1) is 0 Å². The summed E-state index contributed by atoms with van der Waals surface area (Å²) in [6.07, 6.45) is 1.35. The number of imidazole rings is 1. The molecule has 1 N–H and O–H groups in total. The molecule has 0 saturated heterocycles. The van der Waals surface area contributed by atoms with Gasteiger partial charge in [-0.1, -0.05) is 0 Å². The van der Waals surface area contributed by atoms with Crippen LogP contribution in [0.1, 0.15) is 16.3 Å². The zero-order chi connectivity index (χ0) is 14.1.